The summed E-state index contributed by atoms with van der Waals surface area (Å²) in [6.07, 6.45) is 7.31. The Bertz CT molecular complexity index is 1060. The van der Waals surface area contributed by atoms with E-state index < -0.39 is 5.91 Å². The van der Waals surface area contributed by atoms with Crippen LogP contribution in [0.25, 0.3) is 22.8 Å². The van der Waals surface area contributed by atoms with E-state index >= 15 is 0 Å². The molecule has 1 saturated carbocycles. The van der Waals surface area contributed by atoms with Crippen molar-refractivity contribution in [1.82, 2.24) is 5.32 Å². The van der Waals surface area contributed by atoms with Gasteiger partial charge in [0.25, 0.3) is 0 Å². The van der Waals surface area contributed by atoms with Crippen molar-refractivity contribution in [2.24, 2.45) is 11.7 Å². The molecule has 3 nitrogen and oxygen atoms in total. The summed E-state index contributed by atoms with van der Waals surface area (Å²) in [5, 5.41) is 4.28. The smallest absolute Gasteiger partial charge is 0.249 e. The molecule has 32 heavy (non-hydrogen) atoms. The SMILES string of the molecule is NC(=O)/C(=C/c1ccc(CNCC2CCCC2)cc1)c1ccc(-c2ccc(Cl)cc2)cc1. The fourth-order valence-electron chi connectivity index (χ4n) is 4.31. The third-order valence-corrected chi connectivity index (χ3v) is 6.42. The molecular formula is C28H29ClN2O. The standard InChI is InChI=1S/C28H29ClN2O/c29-26-15-13-24(14-16-26)23-9-11-25(12-10-23)27(28(30)32)17-20-5-7-22(8-6-20)19-31-18-21-3-1-2-4-21/h5-17,21,31H,1-4,18-19H2,(H2,30,32)/b27-17+. The van der Waals surface area contributed by atoms with Gasteiger partial charge in [-0.2, -0.15) is 0 Å². The molecule has 0 saturated heterocycles. The quantitative estimate of drug-likeness (QED) is 0.316. The number of nitrogens with two attached hydrogens (primary N) is 1. The Morgan fingerprint density at radius 3 is 2.09 bits per heavy atom. The van der Waals surface area contributed by atoms with Crippen LogP contribution in [0.2, 0.25) is 5.02 Å². The minimum Gasteiger partial charge on any atom is -0.366 e. The normalized spacial score (nSPS) is 14.6. The van der Waals surface area contributed by atoms with Gasteiger partial charge < -0.3 is 11.1 Å². The molecule has 0 aliphatic heterocycles. The van der Waals surface area contributed by atoms with Gasteiger partial charge in [-0.3, -0.25) is 4.79 Å². The van der Waals surface area contributed by atoms with Crippen LogP contribution >= 0.6 is 11.6 Å². The van der Waals surface area contributed by atoms with Crippen LogP contribution in [0.4, 0.5) is 0 Å². The number of carbonyl (C=O) groups is 1. The predicted molar refractivity (Wildman–Crippen MR) is 134 cm³/mol. The Labute approximate surface area is 195 Å². The van der Waals surface area contributed by atoms with Gasteiger partial charge in [0.2, 0.25) is 5.91 Å². The zero-order valence-corrected chi connectivity index (χ0v) is 18.9. The van der Waals surface area contributed by atoms with Crippen LogP contribution < -0.4 is 11.1 Å². The summed E-state index contributed by atoms with van der Waals surface area (Å²) in [5.74, 6) is 0.396. The van der Waals surface area contributed by atoms with Crippen molar-refractivity contribution in [3.63, 3.8) is 0 Å². The van der Waals surface area contributed by atoms with E-state index in [9.17, 15) is 4.79 Å². The highest BCUT2D eigenvalue weighted by molar-refractivity contribution is 6.30. The number of hydrogen-bond donors (Lipinski definition) is 2. The van der Waals surface area contributed by atoms with Crippen LogP contribution in [0.3, 0.4) is 0 Å². The highest BCUT2D eigenvalue weighted by Crippen LogP contribution is 2.26. The Morgan fingerprint density at radius 1 is 0.906 bits per heavy atom. The van der Waals surface area contributed by atoms with Crippen LogP contribution in [0.15, 0.2) is 72.8 Å². The van der Waals surface area contributed by atoms with E-state index in [1.54, 1.807) is 0 Å². The lowest BCUT2D eigenvalue weighted by atomic mass is 9.98. The van der Waals surface area contributed by atoms with Crippen molar-refractivity contribution < 1.29 is 4.79 Å². The van der Waals surface area contributed by atoms with Gasteiger partial charge in [-0.05, 0) is 71.3 Å². The molecular weight excluding hydrogens is 416 g/mol. The number of hydrogen-bond acceptors (Lipinski definition) is 2. The summed E-state index contributed by atoms with van der Waals surface area (Å²) < 4.78 is 0. The maximum Gasteiger partial charge on any atom is 0.249 e. The molecule has 3 aromatic rings. The van der Waals surface area contributed by atoms with Gasteiger partial charge in [-0.25, -0.2) is 0 Å². The molecule has 0 unspecified atom stereocenters. The lowest BCUT2D eigenvalue weighted by Crippen LogP contribution is -2.20. The van der Waals surface area contributed by atoms with Crippen molar-refractivity contribution in [3.05, 3.63) is 94.5 Å². The van der Waals surface area contributed by atoms with Crippen LogP contribution in [-0.2, 0) is 11.3 Å². The average molecular weight is 445 g/mol. The van der Waals surface area contributed by atoms with Gasteiger partial charge in [0, 0.05) is 17.1 Å². The first-order valence-electron chi connectivity index (χ1n) is 11.3. The number of primary amides is 1. The maximum atomic E-state index is 12.2. The van der Waals surface area contributed by atoms with Crippen molar-refractivity contribution >= 4 is 29.2 Å². The third-order valence-electron chi connectivity index (χ3n) is 6.17. The summed E-state index contributed by atoms with van der Waals surface area (Å²) in [6.45, 7) is 1.97. The zero-order chi connectivity index (χ0) is 22.3. The fourth-order valence-corrected chi connectivity index (χ4v) is 4.44. The van der Waals surface area contributed by atoms with Gasteiger partial charge in [0.15, 0.2) is 0 Å². The second-order valence-corrected chi connectivity index (χ2v) is 8.97. The van der Waals surface area contributed by atoms with E-state index in [0.29, 0.717) is 10.6 Å². The number of nitrogens with one attached hydrogen (secondary N) is 1. The van der Waals surface area contributed by atoms with E-state index in [1.807, 2.05) is 66.7 Å². The van der Waals surface area contributed by atoms with E-state index in [0.717, 1.165) is 41.3 Å². The summed E-state index contributed by atoms with van der Waals surface area (Å²) in [4.78, 5) is 12.2. The lowest BCUT2D eigenvalue weighted by molar-refractivity contribution is -0.112. The molecule has 1 amide bonds. The zero-order valence-electron chi connectivity index (χ0n) is 18.2. The Morgan fingerprint density at radius 2 is 1.50 bits per heavy atom. The minimum atomic E-state index is -0.438. The average Bonchev–Trinajstić information content (AvgIpc) is 3.33. The number of amides is 1. The van der Waals surface area contributed by atoms with Gasteiger partial charge in [-0.15, -0.1) is 0 Å². The Balaban J connectivity index is 1.44. The molecule has 0 bridgehead atoms. The maximum absolute atomic E-state index is 12.2. The van der Waals surface area contributed by atoms with E-state index in [1.165, 1.54) is 31.2 Å². The van der Waals surface area contributed by atoms with Crippen molar-refractivity contribution in [2.45, 2.75) is 32.2 Å². The molecule has 0 spiro atoms. The molecule has 0 heterocycles. The van der Waals surface area contributed by atoms with Gasteiger partial charge >= 0.3 is 0 Å². The fraction of sp³-hybridized carbons (Fsp3) is 0.250. The first-order valence-corrected chi connectivity index (χ1v) is 11.6. The summed E-state index contributed by atoms with van der Waals surface area (Å²) in [5.41, 5.74) is 11.3. The molecule has 3 N–H and O–H groups in total. The Hall–Kier alpha value is -2.88. The van der Waals surface area contributed by atoms with Crippen LogP contribution in [0.5, 0.6) is 0 Å². The first-order chi connectivity index (χ1) is 15.6. The molecule has 4 heteroatoms. The monoisotopic (exact) mass is 444 g/mol. The molecule has 3 aromatic carbocycles. The molecule has 1 fully saturated rings. The third kappa shape index (κ3) is 5.87. The molecule has 4 rings (SSSR count). The topological polar surface area (TPSA) is 55.1 Å². The molecule has 1 aliphatic rings. The first kappa shape index (κ1) is 22.3. The molecule has 164 valence electrons. The van der Waals surface area contributed by atoms with E-state index in [-0.39, 0.29) is 0 Å². The summed E-state index contributed by atoms with van der Waals surface area (Å²) in [7, 11) is 0. The number of benzene rings is 3. The lowest BCUT2D eigenvalue weighted by Gasteiger charge is -2.11. The van der Waals surface area contributed by atoms with E-state index in [4.69, 9.17) is 17.3 Å². The largest absolute Gasteiger partial charge is 0.366 e. The van der Waals surface area contributed by atoms with E-state index in [2.05, 4.69) is 17.4 Å². The number of halogens is 1. The van der Waals surface area contributed by atoms with Crippen LogP contribution in [0, 0.1) is 5.92 Å². The van der Waals surface area contributed by atoms with Gasteiger partial charge in [0.1, 0.15) is 0 Å². The van der Waals surface area contributed by atoms with Crippen LogP contribution in [-0.4, -0.2) is 12.5 Å². The van der Waals surface area contributed by atoms with Crippen molar-refractivity contribution in [2.75, 3.05) is 6.54 Å². The Kier molecular flexibility index (Phi) is 7.41. The molecule has 0 radical (unpaired) electrons. The minimum absolute atomic E-state index is 0.438. The van der Waals surface area contributed by atoms with Crippen LogP contribution in [0.1, 0.15) is 42.4 Å². The molecule has 0 atom stereocenters. The van der Waals surface area contributed by atoms with Crippen molar-refractivity contribution in [3.8, 4) is 11.1 Å². The second kappa shape index (κ2) is 10.6. The number of rotatable bonds is 8. The second-order valence-electron chi connectivity index (χ2n) is 8.53. The number of carbonyl (C=O) groups excluding carboxylic acids is 1. The molecule has 1 aliphatic carbocycles. The molecule has 0 aromatic heterocycles. The van der Waals surface area contributed by atoms with Gasteiger partial charge in [-0.1, -0.05) is 85.1 Å². The van der Waals surface area contributed by atoms with Gasteiger partial charge in [0.05, 0.1) is 0 Å². The summed E-state index contributed by atoms with van der Waals surface area (Å²) in [6, 6.07) is 23.8. The summed E-state index contributed by atoms with van der Waals surface area (Å²) >= 11 is 5.98. The highest BCUT2D eigenvalue weighted by atomic mass is 35.5. The highest BCUT2D eigenvalue weighted by Gasteiger charge is 2.14. The van der Waals surface area contributed by atoms with Crippen molar-refractivity contribution in [1.29, 1.82) is 0 Å². The predicted octanol–water partition coefficient (Wildman–Crippen LogP) is 6.31.